The number of hydrogen-bond donors (Lipinski definition) is 1. The molecule has 1 amide bonds. The molecule has 5 nitrogen and oxygen atoms in total. The second-order valence-electron chi connectivity index (χ2n) is 5.08. The summed E-state index contributed by atoms with van der Waals surface area (Å²) >= 11 is 1.36. The Hall–Kier alpha value is -2.73. The number of anilines is 1. The van der Waals surface area contributed by atoms with Crippen molar-refractivity contribution < 1.29 is 9.53 Å². The van der Waals surface area contributed by atoms with Crippen molar-refractivity contribution in [2.45, 2.75) is 13.3 Å². The van der Waals surface area contributed by atoms with E-state index in [0.29, 0.717) is 11.7 Å². The van der Waals surface area contributed by atoms with Crippen LogP contribution in [0.3, 0.4) is 0 Å². The molecule has 0 atom stereocenters. The summed E-state index contributed by atoms with van der Waals surface area (Å²) in [6.45, 7) is 2.56. The Morgan fingerprint density at radius 2 is 1.83 bits per heavy atom. The lowest BCUT2D eigenvalue weighted by atomic mass is 10.1. The van der Waals surface area contributed by atoms with Gasteiger partial charge in [-0.2, -0.15) is 0 Å². The van der Waals surface area contributed by atoms with Crippen molar-refractivity contribution in [1.82, 2.24) is 10.2 Å². The van der Waals surface area contributed by atoms with Gasteiger partial charge in [0, 0.05) is 5.56 Å². The fourth-order valence-corrected chi connectivity index (χ4v) is 2.96. The summed E-state index contributed by atoms with van der Waals surface area (Å²) < 4.78 is 5.39. The third-order valence-corrected chi connectivity index (χ3v) is 4.18. The predicted molar refractivity (Wildman–Crippen MR) is 95.3 cm³/mol. The summed E-state index contributed by atoms with van der Waals surface area (Å²) in [5.74, 6) is 0.688. The van der Waals surface area contributed by atoms with Crippen LogP contribution >= 0.6 is 11.3 Å². The van der Waals surface area contributed by atoms with Gasteiger partial charge in [-0.05, 0) is 24.6 Å². The van der Waals surface area contributed by atoms with Crippen LogP contribution in [0.4, 0.5) is 5.13 Å². The zero-order valence-corrected chi connectivity index (χ0v) is 14.0. The molecule has 3 aromatic rings. The Bertz CT molecular complexity index is 801. The smallest absolute Gasteiger partial charge is 0.230 e. The largest absolute Gasteiger partial charge is 0.494 e. The van der Waals surface area contributed by atoms with E-state index in [2.05, 4.69) is 15.5 Å². The van der Waals surface area contributed by atoms with Gasteiger partial charge >= 0.3 is 0 Å². The number of nitrogens with one attached hydrogen (secondary N) is 1. The second kappa shape index (κ2) is 7.70. The Morgan fingerprint density at radius 1 is 1.08 bits per heavy atom. The molecule has 0 saturated heterocycles. The number of amides is 1. The zero-order chi connectivity index (χ0) is 16.8. The Labute approximate surface area is 144 Å². The maximum absolute atomic E-state index is 12.1. The minimum atomic E-state index is -0.116. The lowest BCUT2D eigenvalue weighted by molar-refractivity contribution is -0.115. The second-order valence-corrected chi connectivity index (χ2v) is 6.06. The van der Waals surface area contributed by atoms with E-state index in [1.165, 1.54) is 11.3 Å². The van der Waals surface area contributed by atoms with Gasteiger partial charge in [-0.3, -0.25) is 4.79 Å². The van der Waals surface area contributed by atoms with Gasteiger partial charge in [-0.15, -0.1) is 10.2 Å². The van der Waals surface area contributed by atoms with Gasteiger partial charge in [0.15, 0.2) is 0 Å². The summed E-state index contributed by atoms with van der Waals surface area (Å²) in [5, 5.41) is 12.2. The highest BCUT2D eigenvalue weighted by atomic mass is 32.1. The molecule has 2 aromatic carbocycles. The number of carbonyl (C=O) groups is 1. The molecule has 0 fully saturated rings. The first-order valence-corrected chi connectivity index (χ1v) is 8.47. The number of nitrogens with zero attached hydrogens (tertiary/aromatic N) is 2. The SMILES string of the molecule is CCOc1ccc(CC(=O)Nc2nnc(-c3ccccc3)s2)cc1. The summed E-state index contributed by atoms with van der Waals surface area (Å²) in [6, 6.07) is 17.3. The normalized spacial score (nSPS) is 10.4. The summed E-state index contributed by atoms with van der Waals surface area (Å²) in [6.07, 6.45) is 0.284. The summed E-state index contributed by atoms with van der Waals surface area (Å²) in [7, 11) is 0. The van der Waals surface area contributed by atoms with E-state index >= 15 is 0 Å². The van der Waals surface area contributed by atoms with Gasteiger partial charge in [0.25, 0.3) is 0 Å². The maximum Gasteiger partial charge on any atom is 0.230 e. The topological polar surface area (TPSA) is 64.1 Å². The van der Waals surface area contributed by atoms with Crippen LogP contribution in [-0.4, -0.2) is 22.7 Å². The van der Waals surface area contributed by atoms with Crippen LogP contribution in [0.5, 0.6) is 5.75 Å². The average Bonchev–Trinajstić information content (AvgIpc) is 3.06. The molecule has 24 heavy (non-hydrogen) atoms. The third kappa shape index (κ3) is 4.17. The molecule has 0 aliphatic carbocycles. The van der Waals surface area contributed by atoms with E-state index in [-0.39, 0.29) is 12.3 Å². The van der Waals surface area contributed by atoms with Crippen molar-refractivity contribution in [3.05, 3.63) is 60.2 Å². The van der Waals surface area contributed by atoms with E-state index in [9.17, 15) is 4.79 Å². The molecule has 0 saturated carbocycles. The first kappa shape index (κ1) is 16.1. The summed E-state index contributed by atoms with van der Waals surface area (Å²) in [4.78, 5) is 12.1. The molecule has 122 valence electrons. The zero-order valence-electron chi connectivity index (χ0n) is 13.2. The maximum atomic E-state index is 12.1. The standard InChI is InChI=1S/C18H17N3O2S/c1-2-23-15-10-8-13(9-11-15)12-16(22)19-18-21-20-17(24-18)14-6-4-3-5-7-14/h3-11H,2,12H2,1H3,(H,19,21,22). The van der Waals surface area contributed by atoms with Crippen LogP contribution in [0, 0.1) is 0 Å². The number of rotatable bonds is 6. The number of hydrogen-bond acceptors (Lipinski definition) is 5. The highest BCUT2D eigenvalue weighted by Crippen LogP contribution is 2.26. The van der Waals surface area contributed by atoms with Crippen molar-refractivity contribution in [2.24, 2.45) is 0 Å². The monoisotopic (exact) mass is 339 g/mol. The first-order chi connectivity index (χ1) is 11.7. The molecule has 0 bridgehead atoms. The molecular formula is C18H17N3O2S. The van der Waals surface area contributed by atoms with E-state index in [4.69, 9.17) is 4.74 Å². The van der Waals surface area contributed by atoms with E-state index in [1.54, 1.807) is 0 Å². The van der Waals surface area contributed by atoms with Crippen LogP contribution in [0.2, 0.25) is 0 Å². The molecule has 1 aromatic heterocycles. The predicted octanol–water partition coefficient (Wildman–Crippen LogP) is 3.79. The number of carbonyl (C=O) groups excluding carboxylic acids is 1. The van der Waals surface area contributed by atoms with Crippen molar-refractivity contribution >= 4 is 22.4 Å². The molecule has 3 rings (SSSR count). The number of aromatic nitrogens is 2. The van der Waals surface area contributed by atoms with E-state index in [1.807, 2.05) is 61.5 Å². The minimum absolute atomic E-state index is 0.116. The molecule has 0 radical (unpaired) electrons. The lowest BCUT2D eigenvalue weighted by Crippen LogP contribution is -2.14. The van der Waals surface area contributed by atoms with Crippen LogP contribution in [0.1, 0.15) is 12.5 Å². The molecule has 1 heterocycles. The van der Waals surface area contributed by atoms with Crippen LogP contribution in [-0.2, 0) is 11.2 Å². The third-order valence-electron chi connectivity index (χ3n) is 3.29. The van der Waals surface area contributed by atoms with Gasteiger partial charge in [0.2, 0.25) is 11.0 Å². The van der Waals surface area contributed by atoms with Crippen molar-refractivity contribution in [3.63, 3.8) is 0 Å². The van der Waals surface area contributed by atoms with E-state index in [0.717, 1.165) is 21.9 Å². The number of benzene rings is 2. The highest BCUT2D eigenvalue weighted by Gasteiger charge is 2.10. The van der Waals surface area contributed by atoms with Crippen LogP contribution in [0.15, 0.2) is 54.6 Å². The average molecular weight is 339 g/mol. The molecule has 6 heteroatoms. The van der Waals surface area contributed by atoms with E-state index < -0.39 is 0 Å². The fraction of sp³-hybridized carbons (Fsp3) is 0.167. The quantitative estimate of drug-likeness (QED) is 0.742. The van der Waals surface area contributed by atoms with Gasteiger partial charge in [-0.25, -0.2) is 0 Å². The van der Waals surface area contributed by atoms with Crippen molar-refractivity contribution in [1.29, 1.82) is 0 Å². The van der Waals surface area contributed by atoms with Crippen molar-refractivity contribution in [3.8, 4) is 16.3 Å². The first-order valence-electron chi connectivity index (χ1n) is 7.65. The van der Waals surface area contributed by atoms with Crippen molar-refractivity contribution in [2.75, 3.05) is 11.9 Å². The Balaban J connectivity index is 1.60. The molecular weight excluding hydrogens is 322 g/mol. The lowest BCUT2D eigenvalue weighted by Gasteiger charge is -2.05. The number of ether oxygens (including phenoxy) is 1. The molecule has 0 unspecified atom stereocenters. The summed E-state index contributed by atoms with van der Waals surface area (Å²) in [5.41, 5.74) is 1.91. The highest BCUT2D eigenvalue weighted by molar-refractivity contribution is 7.18. The van der Waals surface area contributed by atoms with Gasteiger partial charge < -0.3 is 10.1 Å². The van der Waals surface area contributed by atoms with Gasteiger partial charge in [0.05, 0.1) is 13.0 Å². The van der Waals surface area contributed by atoms with Gasteiger partial charge in [-0.1, -0.05) is 53.8 Å². The van der Waals surface area contributed by atoms with Gasteiger partial charge in [0.1, 0.15) is 10.8 Å². The molecule has 0 spiro atoms. The Morgan fingerprint density at radius 3 is 2.54 bits per heavy atom. The Kier molecular flexibility index (Phi) is 5.18. The fourth-order valence-electron chi connectivity index (χ4n) is 2.19. The van der Waals surface area contributed by atoms with Crippen LogP contribution < -0.4 is 10.1 Å². The molecule has 0 aliphatic rings. The van der Waals surface area contributed by atoms with Crippen LogP contribution in [0.25, 0.3) is 10.6 Å². The molecule has 0 aliphatic heterocycles. The minimum Gasteiger partial charge on any atom is -0.494 e. The molecule has 1 N–H and O–H groups in total.